The summed E-state index contributed by atoms with van der Waals surface area (Å²) >= 11 is 0. The smallest absolute Gasteiger partial charge is 0.235 e. The molecule has 0 aromatic carbocycles. The Kier molecular flexibility index (Phi) is 6.81. The predicted molar refractivity (Wildman–Crippen MR) is 70.6 cm³/mol. The molecule has 0 bridgehead atoms. The van der Waals surface area contributed by atoms with Gasteiger partial charge in [0.2, 0.25) is 5.91 Å². The van der Waals surface area contributed by atoms with Gasteiger partial charge in [0, 0.05) is 23.9 Å². The van der Waals surface area contributed by atoms with Crippen LogP contribution in [0, 0.1) is 0 Å². The van der Waals surface area contributed by atoms with Crippen LogP contribution in [0.4, 0.5) is 0 Å². The van der Waals surface area contributed by atoms with E-state index in [2.05, 4.69) is 0 Å². The van der Waals surface area contributed by atoms with Gasteiger partial charge in [-0.25, -0.2) is 0 Å². The predicted octanol–water partition coefficient (Wildman–Crippen LogP) is -0.121. The maximum atomic E-state index is 11.9. The lowest BCUT2D eigenvalue weighted by atomic mass is 9.94. The molecule has 1 aliphatic rings. The average Bonchev–Trinajstić information content (AvgIpc) is 2.38. The molecule has 2 unspecified atom stereocenters. The van der Waals surface area contributed by atoms with Crippen LogP contribution in [0.15, 0.2) is 0 Å². The van der Waals surface area contributed by atoms with Gasteiger partial charge in [-0.2, -0.15) is 0 Å². The number of hydrogen-bond acceptors (Lipinski definition) is 4. The highest BCUT2D eigenvalue weighted by molar-refractivity contribution is 7.85. The van der Waals surface area contributed by atoms with Crippen molar-refractivity contribution >= 4 is 16.7 Å². The van der Waals surface area contributed by atoms with Crippen LogP contribution in [0.5, 0.6) is 0 Å². The summed E-state index contributed by atoms with van der Waals surface area (Å²) in [5.74, 6) is -0.240. The molecular weight excluding hydrogens is 254 g/mol. The lowest BCUT2D eigenvalue weighted by molar-refractivity contribution is -0.129. The van der Waals surface area contributed by atoms with Crippen molar-refractivity contribution in [3.8, 4) is 0 Å². The molecule has 2 atom stereocenters. The maximum absolute atomic E-state index is 11.9. The van der Waals surface area contributed by atoms with Crippen molar-refractivity contribution in [2.75, 3.05) is 25.2 Å². The minimum absolute atomic E-state index is 0.0409. The molecule has 2 N–H and O–H groups in total. The van der Waals surface area contributed by atoms with Crippen LogP contribution in [0.2, 0.25) is 0 Å². The third-order valence-corrected chi connectivity index (χ3v) is 4.71. The van der Waals surface area contributed by atoms with Crippen LogP contribution in [0.3, 0.4) is 0 Å². The third-order valence-electron chi connectivity index (χ3n) is 3.39. The Bertz CT molecular complexity index is 292. The van der Waals surface area contributed by atoms with Crippen molar-refractivity contribution in [2.24, 2.45) is 0 Å². The minimum Gasteiger partial charge on any atom is -0.394 e. The van der Waals surface area contributed by atoms with Gasteiger partial charge in [0.25, 0.3) is 0 Å². The van der Waals surface area contributed by atoms with Crippen LogP contribution >= 0.6 is 0 Å². The summed E-state index contributed by atoms with van der Waals surface area (Å²) in [5, 5.41) is 17.8. The molecular formula is C12H23NO4S. The molecule has 1 saturated carbocycles. The molecule has 1 aliphatic carbocycles. The van der Waals surface area contributed by atoms with E-state index in [9.17, 15) is 9.00 Å². The van der Waals surface area contributed by atoms with Crippen molar-refractivity contribution in [3.63, 3.8) is 0 Å². The molecule has 1 amide bonds. The lowest BCUT2D eigenvalue weighted by Crippen LogP contribution is -2.41. The molecule has 1 fully saturated rings. The van der Waals surface area contributed by atoms with Crippen LogP contribution in [-0.2, 0) is 15.6 Å². The van der Waals surface area contributed by atoms with Gasteiger partial charge in [0.05, 0.1) is 18.5 Å². The van der Waals surface area contributed by atoms with Crippen molar-refractivity contribution < 1.29 is 19.2 Å². The Morgan fingerprint density at radius 2 is 2.00 bits per heavy atom. The van der Waals surface area contributed by atoms with Crippen molar-refractivity contribution in [1.29, 1.82) is 0 Å². The highest BCUT2D eigenvalue weighted by Gasteiger charge is 2.23. The second-order valence-electron chi connectivity index (χ2n) is 4.88. The number of aliphatic hydroxyl groups excluding tert-OH is 2. The van der Waals surface area contributed by atoms with Crippen molar-refractivity contribution in [2.45, 2.75) is 44.2 Å². The molecule has 1 rings (SSSR count). The van der Waals surface area contributed by atoms with E-state index in [1.54, 1.807) is 11.9 Å². The van der Waals surface area contributed by atoms with E-state index < -0.39 is 23.5 Å². The largest absolute Gasteiger partial charge is 0.394 e. The molecule has 0 aromatic rings. The lowest BCUT2D eigenvalue weighted by Gasteiger charge is -2.31. The average molecular weight is 277 g/mol. The van der Waals surface area contributed by atoms with E-state index in [-0.39, 0.29) is 23.5 Å². The fourth-order valence-electron chi connectivity index (χ4n) is 2.24. The zero-order valence-electron chi connectivity index (χ0n) is 10.9. The second-order valence-corrected chi connectivity index (χ2v) is 6.39. The number of amides is 1. The highest BCUT2D eigenvalue weighted by atomic mass is 32.2. The number of carbonyl (C=O) groups excluding carboxylic acids is 1. The molecule has 0 spiro atoms. The Balaban J connectivity index is 2.36. The summed E-state index contributed by atoms with van der Waals surface area (Å²) in [7, 11) is 0.356. The van der Waals surface area contributed by atoms with E-state index in [0.29, 0.717) is 0 Å². The minimum atomic E-state index is -1.41. The molecule has 0 aromatic heterocycles. The summed E-state index contributed by atoms with van der Waals surface area (Å²) < 4.78 is 11.6. The van der Waals surface area contributed by atoms with Crippen LogP contribution in [0.1, 0.15) is 32.1 Å². The second kappa shape index (κ2) is 7.86. The fourth-order valence-corrected chi connectivity index (χ4v) is 3.37. The first-order valence-electron chi connectivity index (χ1n) is 6.44. The number of nitrogens with zero attached hydrogens (tertiary/aromatic N) is 1. The Morgan fingerprint density at radius 3 is 2.56 bits per heavy atom. The third kappa shape index (κ3) is 5.04. The normalized spacial score (nSPS) is 20.4. The van der Waals surface area contributed by atoms with Gasteiger partial charge < -0.3 is 15.1 Å². The van der Waals surface area contributed by atoms with E-state index in [1.165, 1.54) is 6.42 Å². The number of aliphatic hydroxyl groups is 2. The first kappa shape index (κ1) is 15.6. The first-order chi connectivity index (χ1) is 8.54. The van der Waals surface area contributed by atoms with Gasteiger partial charge in [0.1, 0.15) is 5.75 Å². The van der Waals surface area contributed by atoms with Crippen LogP contribution in [-0.4, -0.2) is 62.5 Å². The van der Waals surface area contributed by atoms with Crippen molar-refractivity contribution in [1.82, 2.24) is 4.90 Å². The number of hydrogen-bond donors (Lipinski definition) is 2. The van der Waals surface area contributed by atoms with E-state index in [0.717, 1.165) is 25.7 Å². The molecule has 106 valence electrons. The standard InChI is InChI=1S/C12H23NO4S/c1-13(10-5-3-2-4-6-10)12(16)9-18(17)8-11(15)7-14/h10-11,14-15H,2-9H2,1H3. The first-order valence-corrected chi connectivity index (χ1v) is 7.93. The van der Waals surface area contributed by atoms with Crippen LogP contribution in [0.25, 0.3) is 0 Å². The Morgan fingerprint density at radius 1 is 1.39 bits per heavy atom. The van der Waals surface area contributed by atoms with Gasteiger partial charge in [0.15, 0.2) is 0 Å². The summed E-state index contributed by atoms with van der Waals surface area (Å²) in [6.45, 7) is -0.418. The Labute approximate surface area is 111 Å². The molecule has 6 heteroatoms. The number of carbonyl (C=O) groups is 1. The summed E-state index contributed by atoms with van der Waals surface area (Å²) in [5.41, 5.74) is 0. The molecule has 18 heavy (non-hydrogen) atoms. The quantitative estimate of drug-likeness (QED) is 0.709. The molecule has 5 nitrogen and oxygen atoms in total. The highest BCUT2D eigenvalue weighted by Crippen LogP contribution is 2.21. The topological polar surface area (TPSA) is 77.8 Å². The van der Waals surface area contributed by atoms with E-state index in [4.69, 9.17) is 10.2 Å². The SMILES string of the molecule is CN(C(=O)CS(=O)CC(O)CO)C1CCCCC1. The van der Waals surface area contributed by atoms with Gasteiger partial charge in [-0.1, -0.05) is 19.3 Å². The van der Waals surface area contributed by atoms with E-state index in [1.807, 2.05) is 0 Å². The summed E-state index contributed by atoms with van der Waals surface area (Å²) in [6, 6.07) is 0.269. The van der Waals surface area contributed by atoms with Crippen molar-refractivity contribution in [3.05, 3.63) is 0 Å². The molecule has 0 saturated heterocycles. The van der Waals surface area contributed by atoms with Gasteiger partial charge in [-0.15, -0.1) is 0 Å². The maximum Gasteiger partial charge on any atom is 0.235 e. The van der Waals surface area contributed by atoms with E-state index >= 15 is 0 Å². The fraction of sp³-hybridized carbons (Fsp3) is 0.917. The molecule has 0 aliphatic heterocycles. The molecule has 0 heterocycles. The molecule has 0 radical (unpaired) electrons. The van der Waals surface area contributed by atoms with Gasteiger partial charge >= 0.3 is 0 Å². The Hall–Kier alpha value is -0.460. The van der Waals surface area contributed by atoms with Gasteiger partial charge in [-0.05, 0) is 12.8 Å². The zero-order valence-corrected chi connectivity index (χ0v) is 11.7. The summed E-state index contributed by atoms with van der Waals surface area (Å²) in [4.78, 5) is 13.6. The summed E-state index contributed by atoms with van der Waals surface area (Å²) in [6.07, 6.45) is 4.57. The monoisotopic (exact) mass is 277 g/mol. The number of rotatable bonds is 6. The van der Waals surface area contributed by atoms with Gasteiger partial charge in [-0.3, -0.25) is 9.00 Å². The zero-order chi connectivity index (χ0) is 13.5. The van der Waals surface area contributed by atoms with Crippen LogP contribution < -0.4 is 0 Å².